The first-order valence-corrected chi connectivity index (χ1v) is 9.11. The molecule has 7 nitrogen and oxygen atoms in total. The molecular formula is C20H23N5O2. The smallest absolute Gasteiger partial charge is 0.221 e. The summed E-state index contributed by atoms with van der Waals surface area (Å²) in [6.45, 7) is 7.79. The number of rotatable bonds is 4. The zero-order valence-corrected chi connectivity index (χ0v) is 15.8. The van der Waals surface area contributed by atoms with E-state index in [1.807, 2.05) is 40.0 Å². The number of hydrogen-bond acceptors (Lipinski definition) is 4. The molecule has 1 N–H and O–H groups in total. The summed E-state index contributed by atoms with van der Waals surface area (Å²) in [6.07, 6.45) is 3.90. The van der Waals surface area contributed by atoms with Crippen molar-refractivity contribution in [1.82, 2.24) is 19.6 Å². The monoisotopic (exact) mass is 365 g/mol. The van der Waals surface area contributed by atoms with Gasteiger partial charge >= 0.3 is 0 Å². The average Bonchev–Trinajstić information content (AvgIpc) is 3.17. The van der Waals surface area contributed by atoms with Gasteiger partial charge in [-0.2, -0.15) is 10.2 Å². The lowest BCUT2D eigenvalue weighted by Gasteiger charge is -2.09. The number of ether oxygens (including phenoxy) is 1. The Kier molecular flexibility index (Phi) is 4.43. The second kappa shape index (κ2) is 6.90. The van der Waals surface area contributed by atoms with Gasteiger partial charge in [0.1, 0.15) is 12.4 Å². The second-order valence-corrected chi connectivity index (χ2v) is 7.32. The van der Waals surface area contributed by atoms with E-state index >= 15 is 0 Å². The van der Waals surface area contributed by atoms with Crippen LogP contribution in [0.25, 0.3) is 11.3 Å². The van der Waals surface area contributed by atoms with Gasteiger partial charge in [-0.05, 0) is 18.1 Å². The standard InChI is InChI=1S/C20H23N5O2/c1-13(2)9-24-10-16(8-21-24)19-7-18-12-27-20-6-17(22-14(3)26)5-4-15(20)11-25(18)23-19/h4-8,10,13H,9,11-12H2,1-3H3,(H,22,26). The van der Waals surface area contributed by atoms with Gasteiger partial charge in [-0.1, -0.05) is 19.9 Å². The summed E-state index contributed by atoms with van der Waals surface area (Å²) in [5.74, 6) is 1.22. The first-order valence-electron chi connectivity index (χ1n) is 9.11. The molecule has 1 aliphatic heterocycles. The van der Waals surface area contributed by atoms with Crippen molar-refractivity contribution in [3.63, 3.8) is 0 Å². The molecule has 0 spiro atoms. The van der Waals surface area contributed by atoms with Gasteiger partial charge in [0.2, 0.25) is 5.91 Å². The number of hydrogen-bond donors (Lipinski definition) is 1. The van der Waals surface area contributed by atoms with Crippen LogP contribution in [0.1, 0.15) is 32.0 Å². The molecule has 0 radical (unpaired) electrons. The van der Waals surface area contributed by atoms with E-state index < -0.39 is 0 Å². The summed E-state index contributed by atoms with van der Waals surface area (Å²) >= 11 is 0. The number of carbonyl (C=O) groups is 1. The minimum Gasteiger partial charge on any atom is -0.487 e. The Labute approximate surface area is 157 Å². The summed E-state index contributed by atoms with van der Waals surface area (Å²) in [5.41, 5.74) is 4.70. The van der Waals surface area contributed by atoms with Crippen LogP contribution in [0, 0.1) is 5.92 Å². The Hall–Kier alpha value is -3.09. The molecule has 140 valence electrons. The highest BCUT2D eigenvalue weighted by Gasteiger charge is 2.18. The third-order valence-electron chi connectivity index (χ3n) is 4.43. The summed E-state index contributed by atoms with van der Waals surface area (Å²) in [6, 6.07) is 7.77. The number of anilines is 1. The Balaban J connectivity index is 1.58. The first kappa shape index (κ1) is 17.3. The average molecular weight is 365 g/mol. The molecule has 3 heterocycles. The van der Waals surface area contributed by atoms with E-state index in [1.165, 1.54) is 6.92 Å². The normalized spacial score (nSPS) is 12.9. The molecule has 4 rings (SSSR count). The molecule has 0 saturated carbocycles. The molecule has 2 aromatic heterocycles. The SMILES string of the molecule is CC(=O)Nc1ccc2c(c1)OCc1cc(-c3cnn(CC(C)C)c3)nn1C2. The predicted molar refractivity (Wildman–Crippen MR) is 102 cm³/mol. The van der Waals surface area contributed by atoms with Crippen LogP contribution in [0.4, 0.5) is 5.69 Å². The number of nitrogens with one attached hydrogen (secondary N) is 1. The van der Waals surface area contributed by atoms with Crippen molar-refractivity contribution < 1.29 is 9.53 Å². The number of fused-ring (bicyclic) bond motifs is 2. The minimum absolute atomic E-state index is 0.0980. The summed E-state index contributed by atoms with van der Waals surface area (Å²) < 4.78 is 9.90. The van der Waals surface area contributed by atoms with Crippen molar-refractivity contribution in [2.75, 3.05) is 5.32 Å². The van der Waals surface area contributed by atoms with Gasteiger partial charge in [0.05, 0.1) is 24.1 Å². The van der Waals surface area contributed by atoms with E-state index in [-0.39, 0.29) is 5.91 Å². The molecule has 0 bridgehead atoms. The predicted octanol–water partition coefficient (Wildman–Crippen LogP) is 3.30. The zero-order chi connectivity index (χ0) is 19.0. The van der Waals surface area contributed by atoms with E-state index in [1.54, 1.807) is 0 Å². The van der Waals surface area contributed by atoms with Gasteiger partial charge in [0, 0.05) is 42.5 Å². The fraction of sp³-hybridized carbons (Fsp3) is 0.350. The zero-order valence-electron chi connectivity index (χ0n) is 15.8. The maximum atomic E-state index is 11.2. The summed E-state index contributed by atoms with van der Waals surface area (Å²) in [7, 11) is 0. The highest BCUT2D eigenvalue weighted by Crippen LogP contribution is 2.29. The van der Waals surface area contributed by atoms with Gasteiger partial charge in [0.25, 0.3) is 0 Å². The van der Waals surface area contributed by atoms with Crippen LogP contribution in [-0.2, 0) is 24.5 Å². The van der Waals surface area contributed by atoms with E-state index in [0.717, 1.165) is 40.5 Å². The van der Waals surface area contributed by atoms with Crippen LogP contribution in [0.3, 0.4) is 0 Å². The largest absolute Gasteiger partial charge is 0.487 e. The molecule has 1 aliphatic rings. The van der Waals surface area contributed by atoms with Crippen LogP contribution >= 0.6 is 0 Å². The molecule has 0 aliphatic carbocycles. The Morgan fingerprint density at radius 2 is 2.19 bits per heavy atom. The van der Waals surface area contributed by atoms with Crippen molar-refractivity contribution in [2.45, 2.75) is 40.5 Å². The molecule has 27 heavy (non-hydrogen) atoms. The number of aromatic nitrogens is 4. The molecule has 1 aromatic carbocycles. The lowest BCUT2D eigenvalue weighted by Crippen LogP contribution is -2.06. The third-order valence-corrected chi connectivity index (χ3v) is 4.43. The van der Waals surface area contributed by atoms with Crippen LogP contribution in [0.5, 0.6) is 5.75 Å². The highest BCUT2D eigenvalue weighted by atomic mass is 16.5. The van der Waals surface area contributed by atoms with E-state index in [9.17, 15) is 4.79 Å². The Morgan fingerprint density at radius 3 is 2.96 bits per heavy atom. The van der Waals surface area contributed by atoms with E-state index in [4.69, 9.17) is 9.84 Å². The highest BCUT2D eigenvalue weighted by molar-refractivity contribution is 5.88. The molecule has 0 fully saturated rings. The van der Waals surface area contributed by atoms with Gasteiger partial charge in [-0.25, -0.2) is 0 Å². The first-order chi connectivity index (χ1) is 13.0. The molecule has 1 amide bonds. The van der Waals surface area contributed by atoms with E-state index in [2.05, 4.69) is 30.3 Å². The molecule has 0 unspecified atom stereocenters. The quantitative estimate of drug-likeness (QED) is 0.770. The fourth-order valence-corrected chi connectivity index (χ4v) is 3.23. The van der Waals surface area contributed by atoms with Crippen LogP contribution < -0.4 is 10.1 Å². The molecule has 3 aromatic rings. The van der Waals surface area contributed by atoms with Crippen LogP contribution in [0.2, 0.25) is 0 Å². The summed E-state index contributed by atoms with van der Waals surface area (Å²) in [5, 5.41) is 12.0. The molecule has 0 atom stereocenters. The minimum atomic E-state index is -0.0980. The molecule has 7 heteroatoms. The van der Waals surface area contributed by atoms with Crippen molar-refractivity contribution in [1.29, 1.82) is 0 Å². The number of nitrogens with zero attached hydrogens (tertiary/aromatic N) is 4. The summed E-state index contributed by atoms with van der Waals surface area (Å²) in [4.78, 5) is 11.2. The van der Waals surface area contributed by atoms with Gasteiger partial charge in [-0.3, -0.25) is 14.2 Å². The topological polar surface area (TPSA) is 74.0 Å². The van der Waals surface area contributed by atoms with Gasteiger partial charge in [0.15, 0.2) is 0 Å². The number of carbonyl (C=O) groups excluding carboxylic acids is 1. The number of benzene rings is 1. The van der Waals surface area contributed by atoms with Gasteiger partial charge < -0.3 is 10.1 Å². The maximum absolute atomic E-state index is 11.2. The second-order valence-electron chi connectivity index (χ2n) is 7.32. The Bertz CT molecular complexity index is 986. The van der Waals surface area contributed by atoms with Gasteiger partial charge in [-0.15, -0.1) is 0 Å². The lowest BCUT2D eigenvalue weighted by molar-refractivity contribution is -0.114. The van der Waals surface area contributed by atoms with Crippen molar-refractivity contribution in [3.8, 4) is 17.0 Å². The maximum Gasteiger partial charge on any atom is 0.221 e. The lowest BCUT2D eigenvalue weighted by atomic mass is 10.2. The van der Waals surface area contributed by atoms with Crippen LogP contribution in [0.15, 0.2) is 36.7 Å². The third kappa shape index (κ3) is 3.72. The Morgan fingerprint density at radius 1 is 1.33 bits per heavy atom. The van der Waals surface area contributed by atoms with E-state index in [0.29, 0.717) is 19.1 Å². The molecule has 0 saturated heterocycles. The van der Waals surface area contributed by atoms with Crippen molar-refractivity contribution in [3.05, 3.63) is 47.9 Å². The fourth-order valence-electron chi connectivity index (χ4n) is 3.23. The van der Waals surface area contributed by atoms with Crippen molar-refractivity contribution >= 4 is 11.6 Å². The van der Waals surface area contributed by atoms with Crippen molar-refractivity contribution in [2.24, 2.45) is 5.92 Å². The molecular weight excluding hydrogens is 342 g/mol. The van der Waals surface area contributed by atoms with Crippen LogP contribution in [-0.4, -0.2) is 25.5 Å². The number of amides is 1.